The first kappa shape index (κ1) is 21.3. The maximum atomic E-state index is 12.4. The summed E-state index contributed by atoms with van der Waals surface area (Å²) >= 11 is 3.53. The third kappa shape index (κ3) is 4.36. The number of benzene rings is 3. The molecule has 1 aliphatic rings. The normalized spacial score (nSPS) is 15.0. The van der Waals surface area contributed by atoms with Crippen molar-refractivity contribution >= 4 is 21.8 Å². The highest BCUT2D eigenvalue weighted by Gasteiger charge is 2.30. The minimum absolute atomic E-state index is 0.0538. The number of amides is 1. The first-order chi connectivity index (χ1) is 16.1. The quantitative estimate of drug-likeness (QED) is 0.397. The number of methoxy groups -OCH3 is 1. The fourth-order valence-electron chi connectivity index (χ4n) is 4.03. The largest absolute Gasteiger partial charge is 0.497 e. The molecule has 6 nitrogen and oxygen atoms in total. The van der Waals surface area contributed by atoms with Gasteiger partial charge in [-0.2, -0.15) is 0 Å². The van der Waals surface area contributed by atoms with Crippen LogP contribution in [0.4, 0.5) is 0 Å². The number of carbonyl (C=O) groups is 1. The zero-order valence-corrected chi connectivity index (χ0v) is 19.6. The summed E-state index contributed by atoms with van der Waals surface area (Å²) in [6, 6.07) is 23.4. The molecule has 2 heterocycles. The Kier molecular flexibility index (Phi) is 5.88. The fraction of sp³-hybridized carbons (Fsp3) is 0.154. The van der Waals surface area contributed by atoms with Crippen molar-refractivity contribution in [2.45, 2.75) is 12.5 Å². The topological polar surface area (TPSA) is 65.4 Å². The van der Waals surface area contributed by atoms with Gasteiger partial charge in [0.1, 0.15) is 12.4 Å². The summed E-state index contributed by atoms with van der Waals surface area (Å²) in [6.45, 7) is 0.853. The molecule has 1 amide bonds. The monoisotopic (exact) mass is 503 g/mol. The van der Waals surface area contributed by atoms with Crippen LogP contribution in [0.15, 0.2) is 83.5 Å². The molecule has 1 aromatic heterocycles. The third-order valence-electron chi connectivity index (χ3n) is 5.74. The average molecular weight is 504 g/mol. The number of nitrogens with one attached hydrogen (secondary N) is 1. The van der Waals surface area contributed by atoms with Crippen molar-refractivity contribution < 1.29 is 14.3 Å². The number of rotatable bonds is 6. The molecule has 1 unspecified atom stereocenters. The number of nitrogens with zero attached hydrogens (tertiary/aromatic N) is 2. The molecular weight excluding hydrogens is 482 g/mol. The molecule has 0 aliphatic carbocycles. The summed E-state index contributed by atoms with van der Waals surface area (Å²) < 4.78 is 14.3. The second-order valence-electron chi connectivity index (χ2n) is 7.80. The zero-order valence-electron chi connectivity index (χ0n) is 18.0. The highest BCUT2D eigenvalue weighted by atomic mass is 79.9. The number of ether oxygens (including phenoxy) is 2. The maximum Gasteiger partial charge on any atom is 0.251 e. The zero-order chi connectivity index (χ0) is 22.8. The number of aromatic nitrogens is 2. The molecule has 1 atom stereocenters. The van der Waals surface area contributed by atoms with E-state index in [-0.39, 0.29) is 11.8 Å². The molecule has 0 fully saturated rings. The summed E-state index contributed by atoms with van der Waals surface area (Å²) in [7, 11) is 1.65. The van der Waals surface area contributed by atoms with Gasteiger partial charge in [0.05, 0.1) is 12.8 Å². The lowest BCUT2D eigenvalue weighted by Gasteiger charge is -2.25. The summed E-state index contributed by atoms with van der Waals surface area (Å²) in [4.78, 5) is 12.4. The van der Waals surface area contributed by atoms with Gasteiger partial charge in [-0.1, -0.05) is 52.3 Å². The van der Waals surface area contributed by atoms with E-state index in [0.717, 1.165) is 32.6 Å². The highest BCUT2D eigenvalue weighted by Crippen LogP contribution is 2.36. The molecule has 0 saturated carbocycles. The van der Waals surface area contributed by atoms with Gasteiger partial charge in [-0.25, -0.2) is 4.68 Å². The van der Waals surface area contributed by atoms with Crippen molar-refractivity contribution in [2.75, 3.05) is 13.7 Å². The van der Waals surface area contributed by atoms with Crippen LogP contribution >= 0.6 is 15.9 Å². The average Bonchev–Trinajstić information content (AvgIpc) is 3.27. The van der Waals surface area contributed by atoms with Crippen molar-refractivity contribution in [1.29, 1.82) is 0 Å². The molecule has 3 aromatic carbocycles. The summed E-state index contributed by atoms with van der Waals surface area (Å²) in [6.07, 6.45) is 1.99. The number of fused-ring (bicyclic) bond motifs is 1. The number of hydrogen-bond acceptors (Lipinski definition) is 4. The van der Waals surface area contributed by atoms with Crippen LogP contribution in [0.1, 0.15) is 33.0 Å². The van der Waals surface area contributed by atoms with Gasteiger partial charge in [0, 0.05) is 34.3 Å². The van der Waals surface area contributed by atoms with E-state index in [0.29, 0.717) is 24.6 Å². The fourth-order valence-corrected chi connectivity index (χ4v) is 4.42. The van der Waals surface area contributed by atoms with Crippen LogP contribution in [0.5, 0.6) is 11.6 Å². The number of halogens is 1. The molecule has 0 radical (unpaired) electrons. The maximum absolute atomic E-state index is 12.4. The molecule has 166 valence electrons. The molecule has 33 heavy (non-hydrogen) atoms. The van der Waals surface area contributed by atoms with Gasteiger partial charge in [0.15, 0.2) is 0 Å². The number of hydrogen-bond donors (Lipinski definition) is 1. The van der Waals surface area contributed by atoms with Crippen molar-refractivity contribution in [3.8, 4) is 17.3 Å². The molecular formula is C26H22BrN3O3. The Morgan fingerprint density at radius 3 is 2.67 bits per heavy atom. The minimum Gasteiger partial charge on any atom is -0.497 e. The summed E-state index contributed by atoms with van der Waals surface area (Å²) in [5.41, 5.74) is 4.51. The molecule has 0 spiro atoms. The predicted octanol–water partition coefficient (Wildman–Crippen LogP) is 5.10. The first-order valence-electron chi connectivity index (χ1n) is 10.6. The Balaban J connectivity index is 1.53. The second-order valence-corrected chi connectivity index (χ2v) is 8.72. The lowest BCUT2D eigenvalue weighted by Crippen LogP contribution is -2.35. The van der Waals surface area contributed by atoms with Gasteiger partial charge in [0.2, 0.25) is 5.88 Å². The van der Waals surface area contributed by atoms with Gasteiger partial charge in [-0.3, -0.25) is 4.79 Å². The van der Waals surface area contributed by atoms with E-state index < -0.39 is 0 Å². The Hall–Kier alpha value is -3.58. The molecule has 0 bridgehead atoms. The predicted molar refractivity (Wildman–Crippen MR) is 129 cm³/mol. The van der Waals surface area contributed by atoms with E-state index in [9.17, 15) is 4.79 Å². The molecule has 0 saturated heterocycles. The molecule has 1 aliphatic heterocycles. The third-order valence-corrected chi connectivity index (χ3v) is 6.23. The molecule has 7 heteroatoms. The summed E-state index contributed by atoms with van der Waals surface area (Å²) in [5.74, 6) is 1.22. The van der Waals surface area contributed by atoms with Crippen LogP contribution in [-0.2, 0) is 6.61 Å². The van der Waals surface area contributed by atoms with Crippen molar-refractivity contribution in [1.82, 2.24) is 15.1 Å². The van der Waals surface area contributed by atoms with Gasteiger partial charge < -0.3 is 14.8 Å². The van der Waals surface area contributed by atoms with Gasteiger partial charge in [0.25, 0.3) is 5.91 Å². The second kappa shape index (κ2) is 9.11. The van der Waals surface area contributed by atoms with Crippen LogP contribution in [0.3, 0.4) is 0 Å². The SMILES string of the molecule is COc1ccc(COc2nn(-c3cccc(Br)c3)cc2C2CNC(=O)c3ccccc32)cc1. The van der Waals surface area contributed by atoms with Gasteiger partial charge in [-0.05, 0) is 47.5 Å². The van der Waals surface area contributed by atoms with E-state index in [1.807, 2.05) is 83.7 Å². The molecule has 1 N–H and O–H groups in total. The van der Waals surface area contributed by atoms with Crippen molar-refractivity contribution in [2.24, 2.45) is 0 Å². The Morgan fingerprint density at radius 2 is 1.88 bits per heavy atom. The lowest BCUT2D eigenvalue weighted by atomic mass is 9.86. The van der Waals surface area contributed by atoms with E-state index in [1.54, 1.807) is 7.11 Å². The van der Waals surface area contributed by atoms with Crippen molar-refractivity contribution in [3.05, 3.63) is 106 Å². The summed E-state index contributed by atoms with van der Waals surface area (Å²) in [5, 5.41) is 7.78. The van der Waals surface area contributed by atoms with Crippen LogP contribution in [0.25, 0.3) is 5.69 Å². The first-order valence-corrected chi connectivity index (χ1v) is 11.4. The molecule has 4 aromatic rings. The highest BCUT2D eigenvalue weighted by molar-refractivity contribution is 9.10. The number of carbonyl (C=O) groups excluding carboxylic acids is 1. The Bertz CT molecular complexity index is 1300. The smallest absolute Gasteiger partial charge is 0.251 e. The van der Waals surface area contributed by atoms with E-state index in [2.05, 4.69) is 21.2 Å². The van der Waals surface area contributed by atoms with Crippen LogP contribution in [0.2, 0.25) is 0 Å². The Morgan fingerprint density at radius 1 is 1.06 bits per heavy atom. The Labute approximate surface area is 200 Å². The van der Waals surface area contributed by atoms with Gasteiger partial charge in [-0.15, -0.1) is 5.10 Å². The van der Waals surface area contributed by atoms with E-state index in [4.69, 9.17) is 14.6 Å². The van der Waals surface area contributed by atoms with Crippen LogP contribution in [0, 0.1) is 0 Å². The van der Waals surface area contributed by atoms with Crippen LogP contribution < -0.4 is 14.8 Å². The van der Waals surface area contributed by atoms with Crippen LogP contribution in [-0.4, -0.2) is 29.3 Å². The molecule has 5 rings (SSSR count). The van der Waals surface area contributed by atoms with E-state index in [1.165, 1.54) is 0 Å². The lowest BCUT2D eigenvalue weighted by molar-refractivity contribution is 0.0942. The van der Waals surface area contributed by atoms with E-state index >= 15 is 0 Å². The standard InChI is InChI=1S/C26H22BrN3O3/c1-32-20-11-9-17(10-12-20)16-33-26-24(15-30(29-26)19-6-4-5-18(27)13-19)23-14-28-25(31)22-8-3-2-7-21(22)23/h2-13,15,23H,14,16H2,1H3,(H,28,31). The minimum atomic E-state index is -0.0642. The van der Waals surface area contributed by atoms with Crippen molar-refractivity contribution in [3.63, 3.8) is 0 Å². The van der Waals surface area contributed by atoms with Gasteiger partial charge >= 0.3 is 0 Å².